The number of aromatic nitrogens is 2. The number of nitrogens with zero attached hydrogens (tertiary/aromatic N) is 2. The lowest BCUT2D eigenvalue weighted by atomic mass is 9.97. The second-order valence-corrected chi connectivity index (χ2v) is 6.27. The number of imidazole rings is 1. The summed E-state index contributed by atoms with van der Waals surface area (Å²) in [7, 11) is 0. The van der Waals surface area contributed by atoms with Gasteiger partial charge in [0, 0.05) is 6.54 Å². The van der Waals surface area contributed by atoms with Crippen LogP contribution in [0.1, 0.15) is 56.2 Å². The molecule has 0 spiro atoms. The van der Waals surface area contributed by atoms with Crippen LogP contribution in [0.4, 0.5) is 0 Å². The van der Waals surface area contributed by atoms with E-state index in [0.717, 1.165) is 29.8 Å². The minimum Gasteiger partial charge on any atom is -0.385 e. The zero-order valence-corrected chi connectivity index (χ0v) is 14.0. The van der Waals surface area contributed by atoms with Crippen molar-refractivity contribution in [3.8, 4) is 0 Å². The summed E-state index contributed by atoms with van der Waals surface area (Å²) in [6.45, 7) is 6.96. The van der Waals surface area contributed by atoms with Crippen LogP contribution in [0.2, 0.25) is 0 Å². The highest BCUT2D eigenvalue weighted by Gasteiger charge is 2.14. The van der Waals surface area contributed by atoms with Crippen molar-refractivity contribution in [3.63, 3.8) is 0 Å². The minimum atomic E-state index is -0.582. The maximum Gasteiger partial charge on any atom is 0.138 e. The van der Waals surface area contributed by atoms with Gasteiger partial charge in [-0.1, -0.05) is 50.2 Å². The SMILES string of the molecule is CCC(C)c1ccc(Cn2c(C(C)O)nc3ccccc32)cc1. The fourth-order valence-electron chi connectivity index (χ4n) is 2.95. The maximum absolute atomic E-state index is 10.0. The molecule has 0 aliphatic carbocycles. The Kier molecular flexibility index (Phi) is 4.49. The van der Waals surface area contributed by atoms with Crippen LogP contribution in [0.25, 0.3) is 11.0 Å². The summed E-state index contributed by atoms with van der Waals surface area (Å²) in [4.78, 5) is 4.58. The monoisotopic (exact) mass is 308 g/mol. The molecule has 0 fully saturated rings. The first kappa shape index (κ1) is 15.8. The quantitative estimate of drug-likeness (QED) is 0.745. The van der Waals surface area contributed by atoms with Gasteiger partial charge < -0.3 is 9.67 Å². The number of rotatable bonds is 5. The molecule has 0 saturated heterocycles. The Morgan fingerprint density at radius 1 is 1.04 bits per heavy atom. The molecule has 3 heteroatoms. The van der Waals surface area contributed by atoms with Crippen LogP contribution in [-0.2, 0) is 6.54 Å². The molecule has 0 bridgehead atoms. The first-order valence-corrected chi connectivity index (χ1v) is 8.32. The van der Waals surface area contributed by atoms with Crippen molar-refractivity contribution in [1.29, 1.82) is 0 Å². The van der Waals surface area contributed by atoms with E-state index in [0.29, 0.717) is 5.92 Å². The Hall–Kier alpha value is -2.13. The third kappa shape index (κ3) is 3.15. The number of para-hydroxylation sites is 2. The number of benzene rings is 2. The maximum atomic E-state index is 10.0. The molecule has 1 heterocycles. The minimum absolute atomic E-state index is 0.582. The van der Waals surface area contributed by atoms with Crippen molar-refractivity contribution >= 4 is 11.0 Å². The molecule has 3 aromatic rings. The van der Waals surface area contributed by atoms with Crippen molar-refractivity contribution in [2.75, 3.05) is 0 Å². The average Bonchev–Trinajstić information content (AvgIpc) is 2.94. The van der Waals surface area contributed by atoms with Gasteiger partial charge in [-0.2, -0.15) is 0 Å². The van der Waals surface area contributed by atoms with E-state index in [1.165, 1.54) is 11.1 Å². The Morgan fingerprint density at radius 2 is 1.74 bits per heavy atom. The molecule has 2 unspecified atom stereocenters. The summed E-state index contributed by atoms with van der Waals surface area (Å²) in [6.07, 6.45) is 0.569. The highest BCUT2D eigenvalue weighted by Crippen LogP contribution is 2.23. The zero-order valence-electron chi connectivity index (χ0n) is 14.0. The molecule has 2 aromatic carbocycles. The summed E-state index contributed by atoms with van der Waals surface area (Å²) in [6, 6.07) is 16.8. The molecule has 3 nitrogen and oxygen atoms in total. The van der Waals surface area contributed by atoms with Crippen molar-refractivity contribution in [1.82, 2.24) is 9.55 Å². The number of hydrogen-bond donors (Lipinski definition) is 1. The van der Waals surface area contributed by atoms with Crippen molar-refractivity contribution < 1.29 is 5.11 Å². The van der Waals surface area contributed by atoms with Gasteiger partial charge in [0.05, 0.1) is 11.0 Å². The fourth-order valence-corrected chi connectivity index (χ4v) is 2.95. The molecule has 23 heavy (non-hydrogen) atoms. The molecule has 1 N–H and O–H groups in total. The molecule has 0 aliphatic heterocycles. The molecule has 0 amide bonds. The lowest BCUT2D eigenvalue weighted by Crippen LogP contribution is -2.08. The van der Waals surface area contributed by atoms with Gasteiger partial charge in [0.15, 0.2) is 0 Å². The van der Waals surface area contributed by atoms with E-state index in [4.69, 9.17) is 0 Å². The predicted molar refractivity (Wildman–Crippen MR) is 94.6 cm³/mol. The Bertz CT molecular complexity index is 787. The standard InChI is InChI=1S/C20H24N2O/c1-4-14(2)17-11-9-16(10-12-17)13-22-19-8-6-5-7-18(19)21-20(22)15(3)23/h5-12,14-15,23H,4,13H2,1-3H3. The van der Waals surface area contributed by atoms with E-state index in [1.807, 2.05) is 18.2 Å². The van der Waals surface area contributed by atoms with Crippen molar-refractivity contribution in [3.05, 3.63) is 65.5 Å². The van der Waals surface area contributed by atoms with Gasteiger partial charge in [-0.25, -0.2) is 4.98 Å². The fraction of sp³-hybridized carbons (Fsp3) is 0.350. The Labute approximate surface area is 137 Å². The van der Waals surface area contributed by atoms with Gasteiger partial charge in [-0.15, -0.1) is 0 Å². The summed E-state index contributed by atoms with van der Waals surface area (Å²) < 4.78 is 2.11. The van der Waals surface area contributed by atoms with Gasteiger partial charge in [0.1, 0.15) is 11.9 Å². The third-order valence-electron chi connectivity index (χ3n) is 4.56. The van der Waals surface area contributed by atoms with E-state index in [-0.39, 0.29) is 0 Å². The number of hydrogen-bond acceptors (Lipinski definition) is 2. The average molecular weight is 308 g/mol. The molecule has 0 radical (unpaired) electrons. The van der Waals surface area contributed by atoms with Gasteiger partial charge >= 0.3 is 0 Å². The first-order chi connectivity index (χ1) is 11.1. The molecule has 2 atom stereocenters. The Balaban J connectivity index is 1.96. The third-order valence-corrected chi connectivity index (χ3v) is 4.56. The van der Waals surface area contributed by atoms with E-state index < -0.39 is 6.10 Å². The summed E-state index contributed by atoms with van der Waals surface area (Å²) in [5, 5.41) is 10.0. The lowest BCUT2D eigenvalue weighted by molar-refractivity contribution is 0.185. The normalized spacial score (nSPS) is 14.1. The summed E-state index contributed by atoms with van der Waals surface area (Å²) >= 11 is 0. The highest BCUT2D eigenvalue weighted by molar-refractivity contribution is 5.76. The van der Waals surface area contributed by atoms with Crippen LogP contribution in [0.15, 0.2) is 48.5 Å². The Morgan fingerprint density at radius 3 is 2.39 bits per heavy atom. The van der Waals surface area contributed by atoms with Crippen LogP contribution in [0, 0.1) is 0 Å². The molecule has 1 aromatic heterocycles. The first-order valence-electron chi connectivity index (χ1n) is 8.32. The number of fused-ring (bicyclic) bond motifs is 1. The number of aliphatic hydroxyl groups is 1. The molecule has 0 aliphatic rings. The summed E-state index contributed by atoms with van der Waals surface area (Å²) in [5.74, 6) is 1.31. The van der Waals surface area contributed by atoms with Gasteiger partial charge in [0.25, 0.3) is 0 Å². The van der Waals surface area contributed by atoms with E-state index in [1.54, 1.807) is 6.92 Å². The van der Waals surface area contributed by atoms with Crippen LogP contribution < -0.4 is 0 Å². The molecular weight excluding hydrogens is 284 g/mol. The van der Waals surface area contributed by atoms with Crippen LogP contribution in [-0.4, -0.2) is 14.7 Å². The van der Waals surface area contributed by atoms with Crippen molar-refractivity contribution in [2.24, 2.45) is 0 Å². The van der Waals surface area contributed by atoms with Gasteiger partial charge in [0.2, 0.25) is 0 Å². The van der Waals surface area contributed by atoms with Crippen molar-refractivity contribution in [2.45, 2.75) is 45.8 Å². The second kappa shape index (κ2) is 6.55. The molecule has 3 rings (SSSR count). The predicted octanol–water partition coefficient (Wildman–Crippen LogP) is 4.65. The van der Waals surface area contributed by atoms with Crippen LogP contribution >= 0.6 is 0 Å². The van der Waals surface area contributed by atoms with Gasteiger partial charge in [-0.3, -0.25) is 0 Å². The largest absolute Gasteiger partial charge is 0.385 e. The van der Waals surface area contributed by atoms with Crippen LogP contribution in [0.3, 0.4) is 0 Å². The zero-order chi connectivity index (χ0) is 16.4. The lowest BCUT2D eigenvalue weighted by Gasteiger charge is -2.13. The molecular formula is C20H24N2O. The molecule has 120 valence electrons. The van der Waals surface area contributed by atoms with E-state index >= 15 is 0 Å². The van der Waals surface area contributed by atoms with Gasteiger partial charge in [-0.05, 0) is 42.5 Å². The van der Waals surface area contributed by atoms with Crippen LogP contribution in [0.5, 0.6) is 0 Å². The second-order valence-electron chi connectivity index (χ2n) is 6.27. The number of aliphatic hydroxyl groups excluding tert-OH is 1. The highest BCUT2D eigenvalue weighted by atomic mass is 16.3. The van der Waals surface area contributed by atoms with E-state index in [2.05, 4.69) is 53.7 Å². The molecule has 0 saturated carbocycles. The smallest absolute Gasteiger partial charge is 0.138 e. The van der Waals surface area contributed by atoms with E-state index in [9.17, 15) is 5.11 Å². The topological polar surface area (TPSA) is 38.0 Å². The summed E-state index contributed by atoms with van der Waals surface area (Å²) in [5.41, 5.74) is 4.60.